The summed E-state index contributed by atoms with van der Waals surface area (Å²) in [6.07, 6.45) is 1.20. The number of aromatic nitrogens is 2. The molecule has 0 unspecified atom stereocenters. The molecule has 1 aromatic heterocycles. The Hall–Kier alpha value is -2.47. The number of aliphatic hydroxyl groups is 1. The van der Waals surface area contributed by atoms with E-state index in [0.717, 1.165) is 17.1 Å². The molecule has 0 bridgehead atoms. The summed E-state index contributed by atoms with van der Waals surface area (Å²) in [4.78, 5) is 22.2. The zero-order valence-corrected chi connectivity index (χ0v) is 13.6. The number of piperidine rings is 1. The average molecular weight is 327 g/mol. The number of nitrogens with zero attached hydrogens (tertiary/aromatic N) is 3. The van der Waals surface area contributed by atoms with E-state index in [1.54, 1.807) is 0 Å². The normalized spacial score (nSPS) is 23.9. The highest BCUT2D eigenvalue weighted by Gasteiger charge is 2.48. The summed E-state index contributed by atoms with van der Waals surface area (Å²) in [6.45, 7) is 2.66. The SMILES string of the molecule is Cc1cc(N2CC[C@](Cc3ccccc3)(C(=O)O)[C@H](O)C2)ncn1. The van der Waals surface area contributed by atoms with E-state index in [0.29, 0.717) is 19.4 Å². The number of hydrogen-bond donors (Lipinski definition) is 2. The molecule has 6 heteroatoms. The van der Waals surface area contributed by atoms with Crippen molar-refractivity contribution in [3.8, 4) is 0 Å². The fourth-order valence-electron chi connectivity index (χ4n) is 3.29. The Morgan fingerprint density at radius 3 is 2.71 bits per heavy atom. The number of carboxylic acids is 1. The van der Waals surface area contributed by atoms with Gasteiger partial charge >= 0.3 is 5.97 Å². The third-order valence-electron chi connectivity index (χ3n) is 4.76. The summed E-state index contributed by atoms with van der Waals surface area (Å²) in [6, 6.07) is 11.3. The second-order valence-corrected chi connectivity index (χ2v) is 6.35. The lowest BCUT2D eigenvalue weighted by molar-refractivity contribution is -0.158. The molecule has 0 spiro atoms. The summed E-state index contributed by atoms with van der Waals surface area (Å²) in [7, 11) is 0. The van der Waals surface area contributed by atoms with Crippen molar-refractivity contribution in [2.75, 3.05) is 18.0 Å². The van der Waals surface area contributed by atoms with Gasteiger partial charge in [0.1, 0.15) is 17.6 Å². The fourth-order valence-corrected chi connectivity index (χ4v) is 3.29. The van der Waals surface area contributed by atoms with Crippen molar-refractivity contribution in [1.29, 1.82) is 0 Å². The topological polar surface area (TPSA) is 86.6 Å². The smallest absolute Gasteiger partial charge is 0.312 e. The average Bonchev–Trinajstić information content (AvgIpc) is 2.57. The van der Waals surface area contributed by atoms with Crippen molar-refractivity contribution < 1.29 is 15.0 Å². The Labute approximate surface area is 140 Å². The predicted molar refractivity (Wildman–Crippen MR) is 89.8 cm³/mol. The third kappa shape index (κ3) is 3.10. The quantitative estimate of drug-likeness (QED) is 0.888. The summed E-state index contributed by atoms with van der Waals surface area (Å²) in [5.74, 6) is -0.224. The molecule has 0 aliphatic carbocycles. The van der Waals surface area contributed by atoms with Gasteiger partial charge in [-0.3, -0.25) is 4.79 Å². The molecule has 2 aromatic rings. The van der Waals surface area contributed by atoms with Crippen molar-refractivity contribution in [3.05, 3.63) is 54.0 Å². The van der Waals surface area contributed by atoms with Crippen molar-refractivity contribution in [1.82, 2.24) is 9.97 Å². The lowest BCUT2D eigenvalue weighted by atomic mass is 9.71. The zero-order valence-electron chi connectivity index (χ0n) is 13.6. The van der Waals surface area contributed by atoms with E-state index in [4.69, 9.17) is 0 Å². The van der Waals surface area contributed by atoms with Crippen molar-refractivity contribution >= 4 is 11.8 Å². The molecule has 1 fully saturated rings. The molecular formula is C18H21N3O3. The molecule has 24 heavy (non-hydrogen) atoms. The van der Waals surface area contributed by atoms with E-state index in [1.807, 2.05) is 48.2 Å². The Bertz CT molecular complexity index is 722. The second-order valence-electron chi connectivity index (χ2n) is 6.35. The highest BCUT2D eigenvalue weighted by Crippen LogP contribution is 2.37. The van der Waals surface area contributed by atoms with Gasteiger partial charge in [-0.05, 0) is 25.3 Å². The molecule has 126 valence electrons. The number of aliphatic carboxylic acids is 1. The number of aliphatic hydroxyl groups excluding tert-OH is 1. The molecule has 2 heterocycles. The van der Waals surface area contributed by atoms with Gasteiger partial charge in [0.15, 0.2) is 0 Å². The van der Waals surface area contributed by atoms with Gasteiger partial charge in [0.25, 0.3) is 0 Å². The van der Waals surface area contributed by atoms with Gasteiger partial charge < -0.3 is 15.1 Å². The molecule has 2 atom stereocenters. The fraction of sp³-hybridized carbons (Fsp3) is 0.389. The molecule has 0 saturated carbocycles. The van der Waals surface area contributed by atoms with Crippen LogP contribution in [0.15, 0.2) is 42.7 Å². The number of β-amino-alcohol motifs (C(OH)–C–C–N with tert-alkyl or cyclic N) is 1. The zero-order chi connectivity index (χ0) is 17.2. The van der Waals surface area contributed by atoms with Crippen LogP contribution in [0.1, 0.15) is 17.7 Å². The first-order chi connectivity index (χ1) is 11.5. The van der Waals surface area contributed by atoms with E-state index < -0.39 is 17.5 Å². The van der Waals surface area contributed by atoms with Crippen LogP contribution in [0.5, 0.6) is 0 Å². The van der Waals surface area contributed by atoms with Crippen LogP contribution in [0.25, 0.3) is 0 Å². The van der Waals surface area contributed by atoms with E-state index >= 15 is 0 Å². The standard InChI is InChI=1S/C18H21N3O3/c1-13-9-16(20-12-19-13)21-8-7-18(17(23)24,15(22)11-21)10-14-5-3-2-4-6-14/h2-6,9,12,15,22H,7-8,10-11H2,1H3,(H,23,24)/t15-,18-/m1/s1. The number of anilines is 1. The van der Waals surface area contributed by atoms with Gasteiger partial charge in [-0.25, -0.2) is 9.97 Å². The number of hydrogen-bond acceptors (Lipinski definition) is 5. The van der Waals surface area contributed by atoms with Crippen molar-refractivity contribution in [3.63, 3.8) is 0 Å². The Morgan fingerprint density at radius 1 is 1.33 bits per heavy atom. The molecule has 1 aliphatic heterocycles. The van der Waals surface area contributed by atoms with Gasteiger partial charge in [0.05, 0.1) is 6.10 Å². The third-order valence-corrected chi connectivity index (χ3v) is 4.76. The molecular weight excluding hydrogens is 306 g/mol. The van der Waals surface area contributed by atoms with Crippen LogP contribution in [-0.4, -0.2) is 45.3 Å². The summed E-state index contributed by atoms with van der Waals surface area (Å²) in [5, 5.41) is 20.5. The van der Waals surface area contributed by atoms with Crippen LogP contribution in [0.2, 0.25) is 0 Å². The lowest BCUT2D eigenvalue weighted by Gasteiger charge is -2.43. The maximum absolute atomic E-state index is 12.0. The van der Waals surface area contributed by atoms with Crippen LogP contribution >= 0.6 is 0 Å². The minimum atomic E-state index is -1.17. The number of benzene rings is 1. The Morgan fingerprint density at radius 2 is 2.08 bits per heavy atom. The molecule has 0 radical (unpaired) electrons. The van der Waals surface area contributed by atoms with E-state index in [-0.39, 0.29) is 6.54 Å². The first-order valence-corrected chi connectivity index (χ1v) is 8.00. The van der Waals surface area contributed by atoms with Gasteiger partial charge in [-0.2, -0.15) is 0 Å². The number of carboxylic acid groups (broad SMARTS) is 1. The minimum Gasteiger partial charge on any atom is -0.481 e. The maximum Gasteiger partial charge on any atom is 0.312 e. The Kier molecular flexibility index (Phi) is 4.49. The van der Waals surface area contributed by atoms with Crippen LogP contribution in [-0.2, 0) is 11.2 Å². The van der Waals surface area contributed by atoms with Crippen molar-refractivity contribution in [2.24, 2.45) is 5.41 Å². The number of rotatable bonds is 4. The van der Waals surface area contributed by atoms with Gasteiger partial charge in [0, 0.05) is 24.8 Å². The molecule has 2 N–H and O–H groups in total. The largest absolute Gasteiger partial charge is 0.481 e. The molecule has 3 rings (SSSR count). The predicted octanol–water partition coefficient (Wildman–Crippen LogP) is 1.67. The van der Waals surface area contributed by atoms with Gasteiger partial charge in [-0.1, -0.05) is 30.3 Å². The van der Waals surface area contributed by atoms with Crippen molar-refractivity contribution in [2.45, 2.75) is 25.9 Å². The van der Waals surface area contributed by atoms with Crippen LogP contribution < -0.4 is 4.90 Å². The molecule has 1 aliphatic rings. The summed E-state index contributed by atoms with van der Waals surface area (Å²) < 4.78 is 0. The van der Waals surface area contributed by atoms with Crippen LogP contribution in [0.4, 0.5) is 5.82 Å². The van der Waals surface area contributed by atoms with Gasteiger partial charge in [0.2, 0.25) is 0 Å². The van der Waals surface area contributed by atoms with E-state index in [1.165, 1.54) is 6.33 Å². The molecule has 6 nitrogen and oxygen atoms in total. The maximum atomic E-state index is 12.0. The Balaban J connectivity index is 1.82. The lowest BCUT2D eigenvalue weighted by Crippen LogP contribution is -2.56. The van der Waals surface area contributed by atoms with Crippen LogP contribution in [0.3, 0.4) is 0 Å². The highest BCUT2D eigenvalue weighted by atomic mass is 16.4. The number of carbonyl (C=O) groups is 1. The monoisotopic (exact) mass is 327 g/mol. The summed E-state index contributed by atoms with van der Waals surface area (Å²) in [5.41, 5.74) is 0.596. The van der Waals surface area contributed by atoms with E-state index in [9.17, 15) is 15.0 Å². The number of aryl methyl sites for hydroxylation is 1. The molecule has 1 saturated heterocycles. The first kappa shape index (κ1) is 16.4. The second kappa shape index (κ2) is 6.57. The minimum absolute atomic E-state index is 0.246. The summed E-state index contributed by atoms with van der Waals surface area (Å²) >= 11 is 0. The molecule has 1 aromatic carbocycles. The first-order valence-electron chi connectivity index (χ1n) is 8.00. The van der Waals surface area contributed by atoms with Crippen LogP contribution in [0, 0.1) is 12.3 Å². The molecule has 0 amide bonds. The highest BCUT2D eigenvalue weighted by molar-refractivity contribution is 5.76. The van der Waals surface area contributed by atoms with Gasteiger partial charge in [-0.15, -0.1) is 0 Å². The van der Waals surface area contributed by atoms with E-state index in [2.05, 4.69) is 9.97 Å².